The summed E-state index contributed by atoms with van der Waals surface area (Å²) < 4.78 is 17.6. The zero-order valence-electron chi connectivity index (χ0n) is 20.2. The summed E-state index contributed by atoms with van der Waals surface area (Å²) in [7, 11) is 1.64. The van der Waals surface area contributed by atoms with Gasteiger partial charge in [-0.25, -0.2) is 4.98 Å². The molecular weight excluding hydrogens is 450 g/mol. The van der Waals surface area contributed by atoms with Crippen molar-refractivity contribution in [2.24, 2.45) is 0 Å². The molecule has 0 aliphatic carbocycles. The second-order valence-electron chi connectivity index (χ2n) is 8.70. The molecule has 0 N–H and O–H groups in total. The van der Waals surface area contributed by atoms with Crippen LogP contribution in [-0.4, -0.2) is 68.9 Å². The van der Waals surface area contributed by atoms with Crippen LogP contribution in [0.4, 0.5) is 5.13 Å². The van der Waals surface area contributed by atoms with E-state index < -0.39 is 0 Å². The molecule has 7 nitrogen and oxygen atoms in total. The van der Waals surface area contributed by atoms with Gasteiger partial charge in [-0.1, -0.05) is 37.3 Å². The second kappa shape index (κ2) is 11.6. The van der Waals surface area contributed by atoms with Crippen LogP contribution in [0, 0.1) is 0 Å². The highest BCUT2D eigenvalue weighted by Crippen LogP contribution is 2.31. The van der Waals surface area contributed by atoms with Crippen LogP contribution in [0.25, 0.3) is 10.2 Å². The average Bonchev–Trinajstić information content (AvgIpc) is 3.29. The molecule has 1 amide bonds. The molecule has 0 bridgehead atoms. The van der Waals surface area contributed by atoms with Crippen LogP contribution in [0.15, 0.2) is 42.5 Å². The molecule has 34 heavy (non-hydrogen) atoms. The van der Waals surface area contributed by atoms with Gasteiger partial charge in [0, 0.05) is 32.2 Å². The minimum atomic E-state index is -0.0964. The van der Waals surface area contributed by atoms with Crippen LogP contribution in [0.2, 0.25) is 0 Å². The topological polar surface area (TPSA) is 64.1 Å². The number of rotatable bonds is 10. The number of fused-ring (bicyclic) bond motifs is 1. The molecule has 0 radical (unpaired) electrons. The number of carbonyl (C=O) groups excluding carboxylic acids is 1. The maximum Gasteiger partial charge on any atom is 0.266 e. The van der Waals surface area contributed by atoms with Crippen LogP contribution in [-0.2, 0) is 9.53 Å². The van der Waals surface area contributed by atoms with Crippen LogP contribution in [0.3, 0.4) is 0 Å². The SMILES string of the molecule is COc1ccc2sc(N(CCCN3CCOCC3)C(=O)COc3ccc(C(C)C)cc3)nc2c1. The molecule has 0 atom stereocenters. The van der Waals surface area contributed by atoms with Crippen LogP contribution in [0.1, 0.15) is 31.7 Å². The van der Waals surface area contributed by atoms with Gasteiger partial charge in [0.15, 0.2) is 11.7 Å². The highest BCUT2D eigenvalue weighted by atomic mass is 32.1. The predicted molar refractivity (Wildman–Crippen MR) is 136 cm³/mol. The third-order valence-electron chi connectivity index (χ3n) is 5.98. The fourth-order valence-electron chi connectivity index (χ4n) is 3.91. The van der Waals surface area contributed by atoms with Gasteiger partial charge in [0.25, 0.3) is 5.91 Å². The Morgan fingerprint density at radius 1 is 1.15 bits per heavy atom. The van der Waals surface area contributed by atoms with Crippen LogP contribution >= 0.6 is 11.3 Å². The number of anilines is 1. The Kier molecular flexibility index (Phi) is 8.37. The molecule has 1 aromatic heterocycles. The van der Waals surface area contributed by atoms with Gasteiger partial charge in [-0.05, 0) is 42.2 Å². The Bertz CT molecular complexity index is 1080. The van der Waals surface area contributed by atoms with Gasteiger partial charge in [0.05, 0.1) is 30.5 Å². The first-order chi connectivity index (χ1) is 16.5. The standard InChI is InChI=1S/C26H33N3O4S/c1-19(2)20-5-7-21(8-6-20)33-18-25(30)29(12-4-11-28-13-15-32-16-14-28)26-27-23-17-22(31-3)9-10-24(23)34-26/h5-10,17,19H,4,11-16,18H2,1-3H3. The minimum Gasteiger partial charge on any atom is -0.497 e. The molecule has 1 saturated heterocycles. The first-order valence-corrected chi connectivity index (χ1v) is 12.6. The van der Waals surface area contributed by atoms with Gasteiger partial charge < -0.3 is 14.2 Å². The minimum absolute atomic E-state index is 0.0299. The molecule has 0 unspecified atom stereocenters. The van der Waals surface area contributed by atoms with Crippen molar-refractivity contribution >= 4 is 32.6 Å². The molecule has 1 aliphatic rings. The molecule has 8 heteroatoms. The van der Waals surface area contributed by atoms with Crippen LogP contribution in [0.5, 0.6) is 11.5 Å². The van der Waals surface area contributed by atoms with Gasteiger partial charge >= 0.3 is 0 Å². The van der Waals surface area contributed by atoms with E-state index in [0.717, 1.165) is 55.2 Å². The lowest BCUT2D eigenvalue weighted by Gasteiger charge is -2.27. The lowest BCUT2D eigenvalue weighted by molar-refractivity contribution is -0.120. The van der Waals surface area contributed by atoms with Crippen molar-refractivity contribution in [1.29, 1.82) is 0 Å². The van der Waals surface area contributed by atoms with Gasteiger partial charge in [0.1, 0.15) is 11.5 Å². The molecule has 0 spiro atoms. The number of nitrogens with zero attached hydrogens (tertiary/aromatic N) is 3. The summed E-state index contributed by atoms with van der Waals surface area (Å²) in [5.74, 6) is 1.80. The van der Waals surface area contributed by atoms with Gasteiger partial charge in [-0.3, -0.25) is 14.6 Å². The Labute approximate surface area is 205 Å². The average molecular weight is 484 g/mol. The number of benzene rings is 2. The van der Waals surface area contributed by atoms with Gasteiger partial charge in [0.2, 0.25) is 0 Å². The van der Waals surface area contributed by atoms with Crippen molar-refractivity contribution in [1.82, 2.24) is 9.88 Å². The van der Waals surface area contributed by atoms with Crippen molar-refractivity contribution in [3.05, 3.63) is 48.0 Å². The van der Waals surface area contributed by atoms with Crippen molar-refractivity contribution in [3.8, 4) is 11.5 Å². The fourth-order valence-corrected chi connectivity index (χ4v) is 4.90. The van der Waals surface area contributed by atoms with E-state index in [9.17, 15) is 4.79 Å². The molecular formula is C26H33N3O4S. The summed E-state index contributed by atoms with van der Waals surface area (Å²) in [4.78, 5) is 22.2. The number of morpholine rings is 1. The quantitative estimate of drug-likeness (QED) is 0.421. The Morgan fingerprint density at radius 2 is 1.88 bits per heavy atom. The van der Waals surface area contributed by atoms with E-state index in [1.165, 1.54) is 16.9 Å². The van der Waals surface area contributed by atoms with Gasteiger partial charge in [-0.2, -0.15) is 0 Å². The monoisotopic (exact) mass is 483 g/mol. The van der Waals surface area contributed by atoms with E-state index in [4.69, 9.17) is 19.2 Å². The number of carbonyl (C=O) groups is 1. The van der Waals surface area contributed by atoms with Crippen molar-refractivity contribution in [3.63, 3.8) is 0 Å². The maximum absolute atomic E-state index is 13.3. The molecule has 182 valence electrons. The molecule has 1 fully saturated rings. The Hall–Kier alpha value is -2.68. The third kappa shape index (κ3) is 6.25. The molecule has 2 aromatic carbocycles. The third-order valence-corrected chi connectivity index (χ3v) is 7.04. The number of methoxy groups -OCH3 is 1. The normalized spacial score (nSPS) is 14.5. The van der Waals surface area contributed by atoms with Crippen molar-refractivity contribution < 1.29 is 19.0 Å². The number of aromatic nitrogens is 1. The molecule has 3 aromatic rings. The van der Waals surface area contributed by atoms with E-state index in [1.807, 2.05) is 42.5 Å². The lowest BCUT2D eigenvalue weighted by Crippen LogP contribution is -2.40. The van der Waals surface area contributed by atoms with E-state index in [-0.39, 0.29) is 12.5 Å². The summed E-state index contributed by atoms with van der Waals surface area (Å²) in [5, 5.41) is 0.689. The number of amides is 1. The number of hydrogen-bond acceptors (Lipinski definition) is 7. The zero-order chi connectivity index (χ0) is 23.9. The molecule has 2 heterocycles. The first-order valence-electron chi connectivity index (χ1n) is 11.8. The number of hydrogen-bond donors (Lipinski definition) is 0. The second-order valence-corrected chi connectivity index (χ2v) is 9.70. The van der Waals surface area contributed by atoms with Gasteiger partial charge in [-0.15, -0.1) is 0 Å². The zero-order valence-corrected chi connectivity index (χ0v) is 21.0. The largest absolute Gasteiger partial charge is 0.497 e. The smallest absolute Gasteiger partial charge is 0.266 e. The van der Waals surface area contributed by atoms with E-state index >= 15 is 0 Å². The maximum atomic E-state index is 13.3. The summed E-state index contributed by atoms with van der Waals surface area (Å²) >= 11 is 1.52. The highest BCUT2D eigenvalue weighted by Gasteiger charge is 2.21. The van der Waals surface area contributed by atoms with Crippen LogP contribution < -0.4 is 14.4 Å². The van der Waals surface area contributed by atoms with Crippen molar-refractivity contribution in [2.75, 3.05) is 58.0 Å². The summed E-state index contributed by atoms with van der Waals surface area (Å²) in [6, 6.07) is 13.7. The Morgan fingerprint density at radius 3 is 2.59 bits per heavy atom. The van der Waals surface area contributed by atoms with E-state index in [0.29, 0.717) is 23.3 Å². The Balaban J connectivity index is 1.46. The fraction of sp³-hybridized carbons (Fsp3) is 0.462. The first kappa shape index (κ1) is 24.4. The molecule has 1 aliphatic heterocycles. The number of ether oxygens (including phenoxy) is 3. The molecule has 4 rings (SSSR count). The predicted octanol–water partition coefficient (Wildman–Crippen LogP) is 4.56. The highest BCUT2D eigenvalue weighted by molar-refractivity contribution is 7.22. The van der Waals surface area contributed by atoms with E-state index in [2.05, 4.69) is 18.7 Å². The summed E-state index contributed by atoms with van der Waals surface area (Å²) in [6.07, 6.45) is 0.855. The summed E-state index contributed by atoms with van der Waals surface area (Å²) in [5.41, 5.74) is 2.07. The van der Waals surface area contributed by atoms with Crippen molar-refractivity contribution in [2.45, 2.75) is 26.2 Å². The molecule has 0 saturated carbocycles. The number of thiazole rings is 1. The lowest BCUT2D eigenvalue weighted by atomic mass is 10.0. The summed E-state index contributed by atoms with van der Waals surface area (Å²) in [6.45, 7) is 9.19. The van der Waals surface area contributed by atoms with E-state index in [1.54, 1.807) is 12.0 Å².